The maximum absolute atomic E-state index is 13.5. The Labute approximate surface area is 126 Å². The van der Waals surface area contributed by atoms with Gasteiger partial charge in [-0.3, -0.25) is 4.68 Å². The highest BCUT2D eigenvalue weighted by Crippen LogP contribution is 2.36. The Kier molecular flexibility index (Phi) is 3.39. The number of hydrogen-bond donors (Lipinski definition) is 1. The first kappa shape index (κ1) is 13.6. The van der Waals surface area contributed by atoms with E-state index >= 15 is 0 Å². The van der Waals surface area contributed by atoms with Gasteiger partial charge in [0.1, 0.15) is 17.3 Å². The minimum absolute atomic E-state index is 0.307. The van der Waals surface area contributed by atoms with Crippen LogP contribution in [0.1, 0.15) is 0 Å². The summed E-state index contributed by atoms with van der Waals surface area (Å²) in [4.78, 5) is 0. The second kappa shape index (κ2) is 5.22. The molecule has 0 fully saturated rings. The van der Waals surface area contributed by atoms with Gasteiger partial charge in [-0.1, -0.05) is 35.9 Å². The highest BCUT2D eigenvalue weighted by molar-refractivity contribution is 6.30. The summed E-state index contributed by atoms with van der Waals surface area (Å²) in [5.74, 6) is 0.218. The molecule has 0 aliphatic rings. The Morgan fingerprint density at radius 1 is 1.10 bits per heavy atom. The van der Waals surface area contributed by atoms with Gasteiger partial charge in [0.25, 0.3) is 0 Å². The second-order valence-electron chi connectivity index (χ2n) is 4.75. The molecule has 2 N–H and O–H groups in total. The van der Waals surface area contributed by atoms with Crippen molar-refractivity contribution in [1.82, 2.24) is 9.78 Å². The third kappa shape index (κ3) is 2.50. The van der Waals surface area contributed by atoms with E-state index in [1.807, 2.05) is 18.2 Å². The lowest BCUT2D eigenvalue weighted by molar-refractivity contribution is 0.628. The van der Waals surface area contributed by atoms with E-state index in [0.717, 1.165) is 11.1 Å². The van der Waals surface area contributed by atoms with Crippen LogP contribution in [0.2, 0.25) is 5.02 Å². The summed E-state index contributed by atoms with van der Waals surface area (Å²) in [7, 11) is 1.76. The molecule has 0 bridgehead atoms. The van der Waals surface area contributed by atoms with Gasteiger partial charge in [0.15, 0.2) is 0 Å². The predicted octanol–water partition coefficient (Wildman–Crippen LogP) is 4.13. The lowest BCUT2D eigenvalue weighted by Gasteiger charge is -2.05. The number of aryl methyl sites for hydroxylation is 1. The van der Waals surface area contributed by atoms with Gasteiger partial charge in [-0.2, -0.15) is 5.10 Å². The van der Waals surface area contributed by atoms with Crippen LogP contribution in [-0.4, -0.2) is 9.78 Å². The smallest absolute Gasteiger partial charge is 0.129 e. The maximum Gasteiger partial charge on any atom is 0.129 e. The van der Waals surface area contributed by atoms with Crippen LogP contribution < -0.4 is 5.73 Å². The third-order valence-corrected chi connectivity index (χ3v) is 3.57. The van der Waals surface area contributed by atoms with Crippen LogP contribution in [0.15, 0.2) is 48.5 Å². The summed E-state index contributed by atoms with van der Waals surface area (Å²) in [5, 5.41) is 5.06. The number of rotatable bonds is 2. The van der Waals surface area contributed by atoms with Crippen LogP contribution in [0.4, 0.5) is 10.2 Å². The van der Waals surface area contributed by atoms with Gasteiger partial charge < -0.3 is 5.73 Å². The first-order valence-corrected chi connectivity index (χ1v) is 6.78. The van der Waals surface area contributed by atoms with Crippen molar-refractivity contribution < 1.29 is 4.39 Å². The molecule has 0 radical (unpaired) electrons. The molecule has 0 saturated heterocycles. The zero-order valence-electron chi connectivity index (χ0n) is 11.3. The first-order valence-electron chi connectivity index (χ1n) is 6.40. The van der Waals surface area contributed by atoms with Crippen LogP contribution in [-0.2, 0) is 7.05 Å². The second-order valence-corrected chi connectivity index (χ2v) is 5.19. The average molecular weight is 302 g/mol. The Bertz CT molecular complexity index is 794. The molecular weight excluding hydrogens is 289 g/mol. The van der Waals surface area contributed by atoms with Gasteiger partial charge in [0.05, 0.1) is 5.56 Å². The highest BCUT2D eigenvalue weighted by atomic mass is 35.5. The first-order chi connectivity index (χ1) is 10.1. The molecule has 0 atom stereocenters. The van der Waals surface area contributed by atoms with Crippen molar-refractivity contribution in [2.75, 3.05) is 5.73 Å². The number of halogens is 2. The number of nitrogens with two attached hydrogens (primary N) is 1. The minimum atomic E-state index is -0.307. The van der Waals surface area contributed by atoms with Crippen molar-refractivity contribution in [3.63, 3.8) is 0 Å². The van der Waals surface area contributed by atoms with Gasteiger partial charge in [0.2, 0.25) is 0 Å². The molecule has 0 spiro atoms. The molecule has 0 aliphatic carbocycles. The Balaban J connectivity index is 2.23. The van der Waals surface area contributed by atoms with Crippen molar-refractivity contribution in [3.8, 4) is 22.4 Å². The van der Waals surface area contributed by atoms with E-state index in [0.29, 0.717) is 22.1 Å². The minimum Gasteiger partial charge on any atom is -0.383 e. The van der Waals surface area contributed by atoms with E-state index in [4.69, 9.17) is 17.3 Å². The summed E-state index contributed by atoms with van der Waals surface area (Å²) in [6, 6.07) is 13.6. The van der Waals surface area contributed by atoms with E-state index in [9.17, 15) is 4.39 Å². The normalized spacial score (nSPS) is 10.8. The van der Waals surface area contributed by atoms with E-state index in [1.54, 1.807) is 29.9 Å². The lowest BCUT2D eigenvalue weighted by atomic mass is 10.0. The van der Waals surface area contributed by atoms with Crippen molar-refractivity contribution in [1.29, 1.82) is 0 Å². The zero-order chi connectivity index (χ0) is 15.0. The van der Waals surface area contributed by atoms with Gasteiger partial charge >= 0.3 is 0 Å². The van der Waals surface area contributed by atoms with Crippen molar-refractivity contribution in [2.24, 2.45) is 7.05 Å². The summed E-state index contributed by atoms with van der Waals surface area (Å²) in [6.45, 7) is 0. The van der Waals surface area contributed by atoms with E-state index in [-0.39, 0.29) is 5.82 Å². The van der Waals surface area contributed by atoms with E-state index < -0.39 is 0 Å². The van der Waals surface area contributed by atoms with Crippen LogP contribution in [0, 0.1) is 5.82 Å². The monoisotopic (exact) mass is 301 g/mol. The topological polar surface area (TPSA) is 43.8 Å². The van der Waals surface area contributed by atoms with Crippen molar-refractivity contribution in [3.05, 3.63) is 59.4 Å². The summed E-state index contributed by atoms with van der Waals surface area (Å²) in [5.41, 5.74) is 9.13. The number of hydrogen-bond acceptors (Lipinski definition) is 2. The maximum atomic E-state index is 13.5. The number of nitrogen functional groups attached to an aromatic ring is 1. The molecule has 3 aromatic rings. The molecular formula is C16H13ClFN3. The fourth-order valence-corrected chi connectivity index (χ4v) is 2.40. The summed E-state index contributed by atoms with van der Waals surface area (Å²) >= 11 is 5.92. The van der Waals surface area contributed by atoms with Gasteiger partial charge in [0, 0.05) is 17.6 Å². The largest absolute Gasteiger partial charge is 0.383 e. The molecule has 21 heavy (non-hydrogen) atoms. The molecule has 0 aliphatic heterocycles. The lowest BCUT2D eigenvalue weighted by Crippen LogP contribution is -1.97. The zero-order valence-corrected chi connectivity index (χ0v) is 12.1. The van der Waals surface area contributed by atoms with Crippen molar-refractivity contribution in [2.45, 2.75) is 0 Å². The third-order valence-electron chi connectivity index (χ3n) is 3.32. The molecule has 0 saturated carbocycles. The fourth-order valence-electron chi connectivity index (χ4n) is 2.28. The average Bonchev–Trinajstić information content (AvgIpc) is 2.76. The molecule has 3 rings (SSSR count). The molecule has 0 unspecified atom stereocenters. The Morgan fingerprint density at radius 2 is 1.81 bits per heavy atom. The van der Waals surface area contributed by atoms with Crippen LogP contribution in [0.5, 0.6) is 0 Å². The van der Waals surface area contributed by atoms with Crippen LogP contribution in [0.25, 0.3) is 22.4 Å². The number of anilines is 1. The van der Waals surface area contributed by atoms with Crippen molar-refractivity contribution >= 4 is 17.4 Å². The molecule has 1 aromatic heterocycles. The Morgan fingerprint density at radius 3 is 2.48 bits per heavy atom. The van der Waals surface area contributed by atoms with E-state index in [1.165, 1.54) is 12.1 Å². The highest BCUT2D eigenvalue weighted by Gasteiger charge is 2.17. The SMILES string of the molecule is Cn1nc(-c2cccc(F)c2)c(-c2ccc(Cl)cc2)c1N. The molecule has 0 amide bonds. The van der Waals surface area contributed by atoms with E-state index in [2.05, 4.69) is 5.10 Å². The Hall–Kier alpha value is -2.33. The molecule has 5 heteroatoms. The number of nitrogens with zero attached hydrogens (tertiary/aromatic N) is 2. The predicted molar refractivity (Wildman–Crippen MR) is 83.5 cm³/mol. The van der Waals surface area contributed by atoms with Crippen LogP contribution >= 0.6 is 11.6 Å². The number of aromatic nitrogens is 2. The van der Waals surface area contributed by atoms with Crippen LogP contribution in [0.3, 0.4) is 0 Å². The number of benzene rings is 2. The quantitative estimate of drug-likeness (QED) is 0.773. The molecule has 106 valence electrons. The summed E-state index contributed by atoms with van der Waals surface area (Å²) in [6.07, 6.45) is 0. The summed E-state index contributed by atoms with van der Waals surface area (Å²) < 4.78 is 15.1. The molecule has 1 heterocycles. The van der Waals surface area contributed by atoms with Gasteiger partial charge in [-0.05, 0) is 29.8 Å². The van der Waals surface area contributed by atoms with Gasteiger partial charge in [-0.15, -0.1) is 0 Å². The fraction of sp³-hybridized carbons (Fsp3) is 0.0625. The van der Waals surface area contributed by atoms with Gasteiger partial charge in [-0.25, -0.2) is 4.39 Å². The molecule has 2 aromatic carbocycles. The standard InChI is InChI=1S/C16H13ClFN3/c1-21-16(19)14(10-5-7-12(17)8-6-10)15(20-21)11-3-2-4-13(18)9-11/h2-9H,19H2,1H3. The molecule has 3 nitrogen and oxygen atoms in total.